The molecule has 2 aliphatic rings. The maximum atomic E-state index is 12.7. The fraction of sp³-hybridized carbons (Fsp3) is 0.474. The zero-order valence-corrected chi connectivity index (χ0v) is 16.5. The van der Waals surface area contributed by atoms with Gasteiger partial charge in [0.25, 0.3) is 0 Å². The third-order valence-electron chi connectivity index (χ3n) is 5.39. The summed E-state index contributed by atoms with van der Waals surface area (Å²) >= 11 is 0. The summed E-state index contributed by atoms with van der Waals surface area (Å²) in [6, 6.07) is 6.31. The van der Waals surface area contributed by atoms with Crippen LogP contribution in [0.5, 0.6) is 0 Å². The molecule has 0 N–H and O–H groups in total. The average molecular weight is 426 g/mol. The lowest BCUT2D eigenvalue weighted by atomic mass is 10.1. The number of sulfonamides is 1. The normalized spacial score (nSPS) is 18.1. The predicted molar refractivity (Wildman–Crippen MR) is 102 cm³/mol. The number of rotatable bonds is 4. The number of anilines is 1. The van der Waals surface area contributed by atoms with Gasteiger partial charge in [-0.05, 0) is 48.6 Å². The van der Waals surface area contributed by atoms with Crippen LogP contribution in [-0.4, -0.2) is 49.1 Å². The Morgan fingerprint density at radius 3 is 2.31 bits per heavy atom. The Balaban J connectivity index is 1.38. The number of halogens is 3. The van der Waals surface area contributed by atoms with Crippen molar-refractivity contribution in [2.24, 2.45) is 0 Å². The largest absolute Gasteiger partial charge is 0.416 e. The summed E-state index contributed by atoms with van der Waals surface area (Å²) in [5, 5.41) is 8.55. The van der Waals surface area contributed by atoms with Gasteiger partial charge in [-0.25, -0.2) is 8.42 Å². The third kappa shape index (κ3) is 4.37. The van der Waals surface area contributed by atoms with Crippen molar-refractivity contribution in [1.82, 2.24) is 14.5 Å². The van der Waals surface area contributed by atoms with E-state index < -0.39 is 21.8 Å². The van der Waals surface area contributed by atoms with E-state index in [1.165, 1.54) is 22.0 Å². The lowest BCUT2D eigenvalue weighted by Gasteiger charge is -2.34. The van der Waals surface area contributed by atoms with Crippen molar-refractivity contribution < 1.29 is 21.6 Å². The molecule has 29 heavy (non-hydrogen) atoms. The first-order chi connectivity index (χ1) is 13.7. The van der Waals surface area contributed by atoms with Crippen LogP contribution >= 0.6 is 0 Å². The molecule has 1 saturated heterocycles. The zero-order chi connectivity index (χ0) is 20.6. The number of hydrogen-bond donors (Lipinski definition) is 0. The lowest BCUT2D eigenvalue weighted by Crippen LogP contribution is -2.49. The molecule has 4 rings (SSSR count). The molecule has 0 bridgehead atoms. The number of aromatic nitrogens is 2. The summed E-state index contributed by atoms with van der Waals surface area (Å²) in [5.41, 5.74) is 1.81. The first-order valence-corrected chi connectivity index (χ1v) is 11.1. The van der Waals surface area contributed by atoms with E-state index in [2.05, 4.69) is 10.2 Å². The van der Waals surface area contributed by atoms with Gasteiger partial charge in [-0.3, -0.25) is 0 Å². The van der Waals surface area contributed by atoms with E-state index in [1.54, 1.807) is 0 Å². The quantitative estimate of drug-likeness (QED) is 0.752. The van der Waals surface area contributed by atoms with E-state index in [1.807, 2.05) is 11.0 Å². The van der Waals surface area contributed by atoms with Crippen molar-refractivity contribution in [3.63, 3.8) is 0 Å². The average Bonchev–Trinajstić information content (AvgIpc) is 3.15. The van der Waals surface area contributed by atoms with E-state index in [4.69, 9.17) is 0 Å². The minimum atomic E-state index is -4.44. The zero-order valence-electron chi connectivity index (χ0n) is 15.7. The minimum Gasteiger partial charge on any atom is -0.352 e. The standard InChI is InChI=1S/C19H21F3N4O2S/c20-19(21,22)16-6-4-14(5-7-16)13-29(27,28)26-10-8-25(9-11-26)18-12-15-2-1-3-17(15)23-24-18/h4-7,12H,1-3,8-11,13H2. The summed E-state index contributed by atoms with van der Waals surface area (Å²) in [6.45, 7) is 1.61. The molecule has 2 heterocycles. The highest BCUT2D eigenvalue weighted by molar-refractivity contribution is 7.88. The van der Waals surface area contributed by atoms with Gasteiger partial charge in [0, 0.05) is 26.2 Å². The van der Waals surface area contributed by atoms with Crippen molar-refractivity contribution in [2.45, 2.75) is 31.2 Å². The second kappa shape index (κ2) is 7.56. The molecule has 0 unspecified atom stereocenters. The van der Waals surface area contributed by atoms with Gasteiger partial charge in [-0.2, -0.15) is 22.6 Å². The van der Waals surface area contributed by atoms with E-state index >= 15 is 0 Å². The molecule has 1 aliphatic carbocycles. The Bertz CT molecular complexity index is 986. The Labute approximate surface area is 167 Å². The number of benzene rings is 1. The number of fused-ring (bicyclic) bond motifs is 1. The Hall–Kier alpha value is -2.20. The van der Waals surface area contributed by atoms with Gasteiger partial charge in [0.05, 0.1) is 17.0 Å². The van der Waals surface area contributed by atoms with Crippen LogP contribution < -0.4 is 4.90 Å². The van der Waals surface area contributed by atoms with E-state index in [0.717, 1.165) is 42.9 Å². The van der Waals surface area contributed by atoms with Crippen molar-refractivity contribution >= 4 is 15.8 Å². The molecular formula is C19H21F3N4O2S. The van der Waals surface area contributed by atoms with Gasteiger partial charge in [0.15, 0.2) is 5.82 Å². The Morgan fingerprint density at radius 1 is 0.966 bits per heavy atom. The topological polar surface area (TPSA) is 66.4 Å². The fourth-order valence-electron chi connectivity index (χ4n) is 3.76. The fourth-order valence-corrected chi connectivity index (χ4v) is 5.27. The van der Waals surface area contributed by atoms with Crippen LogP contribution in [0.25, 0.3) is 0 Å². The Kier molecular flexibility index (Phi) is 5.24. The molecule has 2 aromatic rings. The van der Waals surface area contributed by atoms with Gasteiger partial charge < -0.3 is 4.90 Å². The highest BCUT2D eigenvalue weighted by Crippen LogP contribution is 2.29. The van der Waals surface area contributed by atoms with Crippen molar-refractivity contribution in [2.75, 3.05) is 31.1 Å². The monoisotopic (exact) mass is 426 g/mol. The van der Waals surface area contributed by atoms with Crippen molar-refractivity contribution in [3.05, 3.63) is 52.7 Å². The summed E-state index contributed by atoms with van der Waals surface area (Å²) < 4.78 is 64.7. The van der Waals surface area contributed by atoms with Crippen LogP contribution in [0.2, 0.25) is 0 Å². The van der Waals surface area contributed by atoms with E-state index in [0.29, 0.717) is 31.7 Å². The van der Waals surface area contributed by atoms with E-state index in [9.17, 15) is 21.6 Å². The highest BCUT2D eigenvalue weighted by Gasteiger charge is 2.31. The van der Waals surface area contributed by atoms with Crippen LogP contribution in [0.15, 0.2) is 30.3 Å². The summed E-state index contributed by atoms with van der Waals surface area (Å²) in [5.74, 6) is 0.453. The number of aryl methyl sites for hydroxylation is 2. The lowest BCUT2D eigenvalue weighted by molar-refractivity contribution is -0.137. The smallest absolute Gasteiger partial charge is 0.352 e. The van der Waals surface area contributed by atoms with Crippen molar-refractivity contribution in [1.29, 1.82) is 0 Å². The molecule has 6 nitrogen and oxygen atoms in total. The van der Waals surface area contributed by atoms with Crippen LogP contribution in [0, 0.1) is 0 Å². The molecule has 1 aromatic heterocycles. The summed E-state index contributed by atoms with van der Waals surface area (Å²) in [4.78, 5) is 2.02. The Morgan fingerprint density at radius 2 is 1.66 bits per heavy atom. The van der Waals surface area contributed by atoms with Gasteiger partial charge in [0.1, 0.15) is 0 Å². The highest BCUT2D eigenvalue weighted by atomic mass is 32.2. The third-order valence-corrected chi connectivity index (χ3v) is 7.24. The molecule has 10 heteroatoms. The number of nitrogens with zero attached hydrogens (tertiary/aromatic N) is 4. The molecule has 0 atom stereocenters. The molecule has 1 aliphatic heterocycles. The summed E-state index contributed by atoms with van der Waals surface area (Å²) in [6.07, 6.45) is -1.39. The van der Waals surface area contributed by atoms with E-state index in [-0.39, 0.29) is 5.75 Å². The molecule has 0 amide bonds. The molecule has 0 spiro atoms. The van der Waals surface area contributed by atoms with Crippen LogP contribution in [0.3, 0.4) is 0 Å². The molecular weight excluding hydrogens is 405 g/mol. The van der Waals surface area contributed by atoms with Crippen LogP contribution in [-0.2, 0) is 34.8 Å². The molecule has 0 saturated carbocycles. The van der Waals surface area contributed by atoms with Gasteiger partial charge >= 0.3 is 6.18 Å². The molecule has 1 aromatic carbocycles. The maximum Gasteiger partial charge on any atom is 0.416 e. The van der Waals surface area contributed by atoms with Gasteiger partial charge in [0.2, 0.25) is 10.0 Å². The first-order valence-electron chi connectivity index (χ1n) is 9.47. The predicted octanol–water partition coefficient (Wildman–Crippen LogP) is 2.64. The summed E-state index contributed by atoms with van der Waals surface area (Å²) in [7, 11) is -3.61. The van der Waals surface area contributed by atoms with Gasteiger partial charge in [-0.15, -0.1) is 5.10 Å². The second-order valence-electron chi connectivity index (χ2n) is 7.37. The van der Waals surface area contributed by atoms with Crippen molar-refractivity contribution in [3.8, 4) is 0 Å². The SMILES string of the molecule is O=S(=O)(Cc1ccc(C(F)(F)F)cc1)N1CCN(c2cc3c(nn2)CCC3)CC1. The molecule has 156 valence electrons. The molecule has 0 radical (unpaired) electrons. The number of alkyl halides is 3. The number of hydrogen-bond acceptors (Lipinski definition) is 5. The molecule has 1 fully saturated rings. The second-order valence-corrected chi connectivity index (χ2v) is 9.33. The van der Waals surface area contributed by atoms with Crippen LogP contribution in [0.1, 0.15) is 28.8 Å². The minimum absolute atomic E-state index is 0.307. The van der Waals surface area contributed by atoms with Crippen LogP contribution in [0.4, 0.5) is 19.0 Å². The maximum absolute atomic E-state index is 12.7. The first kappa shape index (κ1) is 20.1. The number of piperazine rings is 1. The van der Waals surface area contributed by atoms with Gasteiger partial charge in [-0.1, -0.05) is 12.1 Å².